The number of halogens is 1. The molecule has 0 radical (unpaired) electrons. The van der Waals surface area contributed by atoms with E-state index in [4.69, 9.17) is 9.37 Å². The molecule has 0 atom stereocenters. The molecule has 0 aliphatic carbocycles. The predicted molar refractivity (Wildman–Crippen MR) is 97.7 cm³/mol. The molecule has 0 saturated heterocycles. The van der Waals surface area contributed by atoms with Crippen molar-refractivity contribution >= 4 is 27.7 Å². The summed E-state index contributed by atoms with van der Waals surface area (Å²) in [4.78, 5) is 12.4. The first kappa shape index (κ1) is 17.2. The molecule has 2 aromatic carbocycles. The van der Waals surface area contributed by atoms with Crippen molar-refractivity contribution in [2.45, 2.75) is 13.8 Å². The number of hydrogen-bond donors (Lipinski definition) is 1. The average molecular weight is 402 g/mol. The van der Waals surface area contributed by atoms with Crippen molar-refractivity contribution in [3.8, 4) is 17.0 Å². The number of amides is 1. The van der Waals surface area contributed by atoms with Crippen LogP contribution in [0.3, 0.4) is 0 Å². The number of nitrogens with one attached hydrogen (secondary N) is 1. The fourth-order valence-electron chi connectivity index (χ4n) is 2.36. The van der Waals surface area contributed by atoms with Gasteiger partial charge in [0.05, 0.1) is 6.61 Å². The van der Waals surface area contributed by atoms with E-state index in [0.29, 0.717) is 17.9 Å². The van der Waals surface area contributed by atoms with Gasteiger partial charge in [0.1, 0.15) is 5.75 Å². The lowest BCUT2D eigenvalue weighted by atomic mass is 10.1. The van der Waals surface area contributed by atoms with Gasteiger partial charge in [-0.25, -0.2) is 4.63 Å². The van der Waals surface area contributed by atoms with Crippen molar-refractivity contribution in [2.24, 2.45) is 0 Å². The molecule has 6 nitrogen and oxygen atoms in total. The number of rotatable bonds is 5. The molecule has 25 heavy (non-hydrogen) atoms. The van der Waals surface area contributed by atoms with E-state index >= 15 is 0 Å². The zero-order valence-corrected chi connectivity index (χ0v) is 15.3. The maximum absolute atomic E-state index is 12.4. The SMILES string of the molecule is CCOc1ccc(-c2nonc2NC(=O)c2ccc(Br)cc2)cc1C. The Morgan fingerprint density at radius 1 is 1.20 bits per heavy atom. The van der Waals surface area contributed by atoms with E-state index in [1.54, 1.807) is 24.3 Å². The summed E-state index contributed by atoms with van der Waals surface area (Å²) in [7, 11) is 0. The smallest absolute Gasteiger partial charge is 0.256 e. The van der Waals surface area contributed by atoms with E-state index in [0.717, 1.165) is 21.3 Å². The molecule has 0 saturated carbocycles. The Hall–Kier alpha value is -2.67. The van der Waals surface area contributed by atoms with Crippen LogP contribution in [0.4, 0.5) is 5.82 Å². The fourth-order valence-corrected chi connectivity index (χ4v) is 2.62. The Labute approximate surface area is 153 Å². The van der Waals surface area contributed by atoms with Crippen LogP contribution in [0.15, 0.2) is 51.6 Å². The monoisotopic (exact) mass is 401 g/mol. The van der Waals surface area contributed by atoms with Gasteiger partial charge in [-0.3, -0.25) is 4.79 Å². The third-order valence-electron chi connectivity index (χ3n) is 3.58. The summed E-state index contributed by atoms with van der Waals surface area (Å²) in [6, 6.07) is 12.7. The third kappa shape index (κ3) is 3.88. The molecule has 3 aromatic rings. The van der Waals surface area contributed by atoms with Crippen LogP contribution in [0.1, 0.15) is 22.8 Å². The van der Waals surface area contributed by atoms with Crippen LogP contribution >= 0.6 is 15.9 Å². The van der Waals surface area contributed by atoms with Gasteiger partial charge in [-0.05, 0) is 72.2 Å². The standard InChI is InChI=1S/C18H16BrN3O3/c1-3-24-15-9-6-13(10-11(15)2)16-17(22-25-21-16)20-18(23)12-4-7-14(19)8-5-12/h4-10H,3H2,1-2H3,(H,20,22,23). The average Bonchev–Trinajstić information content (AvgIpc) is 3.05. The predicted octanol–water partition coefficient (Wildman–Crippen LogP) is 4.46. The highest BCUT2D eigenvalue weighted by molar-refractivity contribution is 9.10. The maximum atomic E-state index is 12.4. The highest BCUT2D eigenvalue weighted by atomic mass is 79.9. The van der Waals surface area contributed by atoms with Crippen molar-refractivity contribution in [2.75, 3.05) is 11.9 Å². The second kappa shape index (κ2) is 7.48. The number of carbonyl (C=O) groups excluding carboxylic acids is 1. The Morgan fingerprint density at radius 2 is 1.96 bits per heavy atom. The van der Waals surface area contributed by atoms with Crippen LogP contribution in [-0.2, 0) is 0 Å². The van der Waals surface area contributed by atoms with Gasteiger partial charge in [0.2, 0.25) is 5.82 Å². The fraction of sp³-hybridized carbons (Fsp3) is 0.167. The molecule has 0 unspecified atom stereocenters. The summed E-state index contributed by atoms with van der Waals surface area (Å²) in [6.07, 6.45) is 0. The highest BCUT2D eigenvalue weighted by Crippen LogP contribution is 2.29. The van der Waals surface area contributed by atoms with Crippen molar-refractivity contribution in [1.29, 1.82) is 0 Å². The van der Waals surface area contributed by atoms with E-state index < -0.39 is 0 Å². The molecule has 0 spiro atoms. The van der Waals surface area contributed by atoms with Crippen LogP contribution in [0.5, 0.6) is 5.75 Å². The van der Waals surface area contributed by atoms with Gasteiger partial charge < -0.3 is 10.1 Å². The molecular formula is C18H16BrN3O3. The van der Waals surface area contributed by atoms with Crippen LogP contribution in [0.2, 0.25) is 0 Å². The molecule has 0 fully saturated rings. The number of aryl methyl sites for hydroxylation is 1. The molecule has 3 rings (SSSR count). The van der Waals surface area contributed by atoms with Crippen LogP contribution in [0, 0.1) is 6.92 Å². The van der Waals surface area contributed by atoms with Gasteiger partial charge in [-0.15, -0.1) is 0 Å². The number of aromatic nitrogens is 2. The molecule has 128 valence electrons. The summed E-state index contributed by atoms with van der Waals surface area (Å²) in [5, 5.41) is 10.5. The number of hydrogen-bond acceptors (Lipinski definition) is 5. The first-order valence-corrected chi connectivity index (χ1v) is 8.51. The topological polar surface area (TPSA) is 77.2 Å². The first-order chi connectivity index (χ1) is 12.1. The summed E-state index contributed by atoms with van der Waals surface area (Å²) < 4.78 is 11.3. The van der Waals surface area contributed by atoms with Crippen molar-refractivity contribution in [1.82, 2.24) is 10.3 Å². The minimum absolute atomic E-state index is 0.275. The van der Waals surface area contributed by atoms with Gasteiger partial charge >= 0.3 is 0 Å². The number of ether oxygens (including phenoxy) is 1. The highest BCUT2D eigenvalue weighted by Gasteiger charge is 2.17. The number of benzene rings is 2. The molecule has 1 heterocycles. The number of nitrogens with zero attached hydrogens (tertiary/aromatic N) is 2. The second-order valence-corrected chi connectivity index (χ2v) is 6.25. The lowest BCUT2D eigenvalue weighted by Crippen LogP contribution is -2.12. The second-order valence-electron chi connectivity index (χ2n) is 5.34. The van der Waals surface area contributed by atoms with E-state index in [1.807, 2.05) is 32.0 Å². The third-order valence-corrected chi connectivity index (χ3v) is 4.10. The largest absolute Gasteiger partial charge is 0.494 e. The van der Waals surface area contributed by atoms with Gasteiger partial charge in [-0.1, -0.05) is 15.9 Å². The Morgan fingerprint density at radius 3 is 2.64 bits per heavy atom. The van der Waals surface area contributed by atoms with Gasteiger partial charge in [0, 0.05) is 15.6 Å². The summed E-state index contributed by atoms with van der Waals surface area (Å²) >= 11 is 3.34. The van der Waals surface area contributed by atoms with Gasteiger partial charge in [0.15, 0.2) is 5.69 Å². The quantitative estimate of drug-likeness (QED) is 0.682. The Kier molecular flexibility index (Phi) is 5.14. The Bertz CT molecular complexity index is 891. The molecule has 0 aliphatic heterocycles. The zero-order valence-electron chi connectivity index (χ0n) is 13.7. The normalized spacial score (nSPS) is 10.5. The maximum Gasteiger partial charge on any atom is 0.256 e. The van der Waals surface area contributed by atoms with E-state index in [9.17, 15) is 4.79 Å². The van der Waals surface area contributed by atoms with Gasteiger partial charge in [-0.2, -0.15) is 0 Å². The van der Waals surface area contributed by atoms with Crippen molar-refractivity contribution in [3.05, 3.63) is 58.1 Å². The lowest BCUT2D eigenvalue weighted by molar-refractivity contribution is 0.102. The first-order valence-electron chi connectivity index (χ1n) is 7.71. The van der Waals surface area contributed by atoms with Crippen LogP contribution in [-0.4, -0.2) is 22.8 Å². The lowest BCUT2D eigenvalue weighted by Gasteiger charge is -2.08. The molecule has 1 amide bonds. The van der Waals surface area contributed by atoms with Crippen molar-refractivity contribution < 1.29 is 14.2 Å². The van der Waals surface area contributed by atoms with Gasteiger partial charge in [0.25, 0.3) is 5.91 Å². The van der Waals surface area contributed by atoms with E-state index in [2.05, 4.69) is 31.6 Å². The van der Waals surface area contributed by atoms with Crippen molar-refractivity contribution in [3.63, 3.8) is 0 Å². The molecule has 0 aliphatic rings. The minimum Gasteiger partial charge on any atom is -0.494 e. The van der Waals surface area contributed by atoms with Crippen LogP contribution < -0.4 is 10.1 Å². The van der Waals surface area contributed by atoms with E-state index in [1.165, 1.54) is 0 Å². The Balaban J connectivity index is 1.84. The molecule has 0 bridgehead atoms. The summed E-state index contributed by atoms with van der Waals surface area (Å²) in [5.74, 6) is 0.798. The zero-order chi connectivity index (χ0) is 17.8. The number of anilines is 1. The number of carbonyl (C=O) groups is 1. The molecule has 7 heteroatoms. The molecular weight excluding hydrogens is 386 g/mol. The minimum atomic E-state index is -0.285. The molecule has 1 aromatic heterocycles. The van der Waals surface area contributed by atoms with Crippen LogP contribution in [0.25, 0.3) is 11.3 Å². The summed E-state index contributed by atoms with van der Waals surface area (Å²) in [5.41, 5.74) is 2.73. The van der Waals surface area contributed by atoms with E-state index in [-0.39, 0.29) is 11.7 Å². The molecule has 1 N–H and O–H groups in total. The summed E-state index contributed by atoms with van der Waals surface area (Å²) in [6.45, 7) is 4.48.